The number of nitriles is 1. The molecule has 0 saturated carbocycles. The minimum absolute atomic E-state index is 0.0317. The van der Waals surface area contributed by atoms with Gasteiger partial charge >= 0.3 is 0 Å². The molecule has 3 aromatic rings. The number of benzene rings is 2. The van der Waals surface area contributed by atoms with Crippen LogP contribution in [0.5, 0.6) is 11.5 Å². The van der Waals surface area contributed by atoms with E-state index in [1.807, 2.05) is 36.4 Å². The first kappa shape index (κ1) is 17.5. The molecule has 1 atom stereocenters. The minimum Gasteiger partial charge on any atom is -0.493 e. The van der Waals surface area contributed by atoms with Gasteiger partial charge in [-0.3, -0.25) is 9.89 Å². The second kappa shape index (κ2) is 6.67. The summed E-state index contributed by atoms with van der Waals surface area (Å²) >= 11 is 0. The van der Waals surface area contributed by atoms with Gasteiger partial charge in [-0.2, -0.15) is 5.26 Å². The molecule has 4 rings (SSSR count). The Hall–Kier alpha value is -3.92. The maximum absolute atomic E-state index is 13.3. The van der Waals surface area contributed by atoms with Crippen LogP contribution in [0.15, 0.2) is 64.8 Å². The maximum atomic E-state index is 13.3. The number of nitrogens with two attached hydrogens (primary N) is 1. The summed E-state index contributed by atoms with van der Waals surface area (Å²) in [5, 5.41) is 12.8. The van der Waals surface area contributed by atoms with Crippen molar-refractivity contribution in [2.45, 2.75) is 12.8 Å². The molecule has 7 nitrogen and oxygen atoms in total. The zero-order chi connectivity index (χ0) is 19.8. The summed E-state index contributed by atoms with van der Waals surface area (Å²) in [5.74, 6) is 0.213. The van der Waals surface area contributed by atoms with Crippen LogP contribution in [0.25, 0.3) is 5.69 Å². The second-order valence-electron chi connectivity index (χ2n) is 6.43. The molecule has 140 valence electrons. The normalized spacial score (nSPS) is 15.5. The monoisotopic (exact) mass is 374 g/mol. The zero-order valence-corrected chi connectivity index (χ0v) is 15.4. The highest BCUT2D eigenvalue weighted by molar-refractivity contribution is 5.60. The molecule has 1 aromatic heterocycles. The van der Waals surface area contributed by atoms with Crippen LogP contribution in [0.4, 0.5) is 0 Å². The van der Waals surface area contributed by atoms with Crippen molar-refractivity contribution in [3.05, 3.63) is 87.2 Å². The molecule has 1 aliphatic rings. The average Bonchev–Trinajstić information content (AvgIpc) is 3.01. The summed E-state index contributed by atoms with van der Waals surface area (Å²) < 4.78 is 12.5. The Kier molecular flexibility index (Phi) is 4.17. The number of nitrogens with one attached hydrogen (secondary N) is 1. The largest absolute Gasteiger partial charge is 0.493 e. The van der Waals surface area contributed by atoms with Crippen molar-refractivity contribution in [1.82, 2.24) is 9.78 Å². The first-order chi connectivity index (χ1) is 13.6. The molecule has 0 spiro atoms. The summed E-state index contributed by atoms with van der Waals surface area (Å²) in [5.41, 5.74) is 8.44. The third kappa shape index (κ3) is 2.55. The fourth-order valence-electron chi connectivity index (χ4n) is 3.57. The first-order valence-electron chi connectivity index (χ1n) is 8.68. The molecular formula is C21H18N4O3. The standard InChI is InChI=1S/C21H18N4O3/c1-12-17(21(26)25(24-12)13-7-4-3-5-8-13)18-14-9-6-10-16(27-2)19(14)28-20(23)15(18)11-22/h3-10,18,24H,23H2,1-2H3. The van der Waals surface area contributed by atoms with Gasteiger partial charge in [-0.15, -0.1) is 0 Å². The van der Waals surface area contributed by atoms with Crippen molar-refractivity contribution in [2.75, 3.05) is 7.11 Å². The van der Waals surface area contributed by atoms with Crippen LogP contribution in [-0.2, 0) is 0 Å². The number of H-pyrrole nitrogens is 1. The molecule has 7 heteroatoms. The highest BCUT2D eigenvalue weighted by Gasteiger charge is 2.36. The Labute approximate surface area is 161 Å². The van der Waals surface area contributed by atoms with Crippen LogP contribution < -0.4 is 20.8 Å². The maximum Gasteiger partial charge on any atom is 0.275 e. The van der Waals surface area contributed by atoms with Gasteiger partial charge in [-0.25, -0.2) is 4.68 Å². The number of ether oxygens (including phenoxy) is 2. The smallest absolute Gasteiger partial charge is 0.275 e. The molecule has 0 saturated heterocycles. The predicted octanol–water partition coefficient (Wildman–Crippen LogP) is 2.70. The van der Waals surface area contributed by atoms with Crippen LogP contribution in [0, 0.1) is 18.3 Å². The fraction of sp³-hybridized carbons (Fsp3) is 0.143. The van der Waals surface area contributed by atoms with E-state index in [2.05, 4.69) is 11.2 Å². The third-order valence-electron chi connectivity index (χ3n) is 4.85. The summed E-state index contributed by atoms with van der Waals surface area (Å²) in [6, 6.07) is 16.7. The molecule has 1 aliphatic heterocycles. The molecule has 2 aromatic carbocycles. The van der Waals surface area contributed by atoms with Crippen LogP contribution >= 0.6 is 0 Å². The topological polar surface area (TPSA) is 106 Å². The number of rotatable bonds is 3. The van der Waals surface area contributed by atoms with E-state index in [9.17, 15) is 10.1 Å². The molecule has 0 bridgehead atoms. The number of nitrogens with zero attached hydrogens (tertiary/aromatic N) is 2. The molecule has 28 heavy (non-hydrogen) atoms. The number of aromatic nitrogens is 2. The minimum atomic E-state index is -0.655. The van der Waals surface area contributed by atoms with Crippen molar-refractivity contribution in [1.29, 1.82) is 5.26 Å². The number of aromatic amines is 1. The zero-order valence-electron chi connectivity index (χ0n) is 15.4. The second-order valence-corrected chi connectivity index (χ2v) is 6.43. The van der Waals surface area contributed by atoms with Crippen LogP contribution in [0.2, 0.25) is 0 Å². The average molecular weight is 374 g/mol. The van der Waals surface area contributed by atoms with E-state index in [4.69, 9.17) is 15.2 Å². The Bertz CT molecular complexity index is 1180. The lowest BCUT2D eigenvalue weighted by atomic mass is 9.83. The van der Waals surface area contributed by atoms with Crippen molar-refractivity contribution in [3.8, 4) is 23.3 Å². The summed E-state index contributed by atoms with van der Waals surface area (Å²) in [7, 11) is 1.53. The van der Waals surface area contributed by atoms with E-state index in [0.717, 1.165) is 0 Å². The van der Waals surface area contributed by atoms with Gasteiger partial charge in [0, 0.05) is 11.3 Å². The highest BCUT2D eigenvalue weighted by Crippen LogP contribution is 2.45. The molecule has 3 N–H and O–H groups in total. The fourth-order valence-corrected chi connectivity index (χ4v) is 3.57. The quantitative estimate of drug-likeness (QED) is 0.733. The van der Waals surface area contributed by atoms with Gasteiger partial charge in [-0.1, -0.05) is 30.3 Å². The van der Waals surface area contributed by atoms with E-state index < -0.39 is 5.92 Å². The van der Waals surface area contributed by atoms with Crippen LogP contribution in [0.3, 0.4) is 0 Å². The van der Waals surface area contributed by atoms with E-state index in [-0.39, 0.29) is 17.0 Å². The molecule has 1 unspecified atom stereocenters. The van der Waals surface area contributed by atoms with E-state index in [0.29, 0.717) is 34.0 Å². The molecule has 0 fully saturated rings. The Morgan fingerprint density at radius 1 is 1.21 bits per heavy atom. The summed E-state index contributed by atoms with van der Waals surface area (Å²) in [4.78, 5) is 13.3. The number of hydrogen-bond donors (Lipinski definition) is 2. The molecule has 0 amide bonds. The number of methoxy groups -OCH3 is 1. The first-order valence-corrected chi connectivity index (χ1v) is 8.68. The SMILES string of the molecule is COc1cccc2c1OC(N)=C(C#N)C2c1c(C)[nH]n(-c2ccccc2)c1=O. The predicted molar refractivity (Wildman–Crippen MR) is 103 cm³/mol. The lowest BCUT2D eigenvalue weighted by Gasteiger charge is -2.26. The van der Waals surface area contributed by atoms with Gasteiger partial charge in [-0.05, 0) is 25.1 Å². The number of allylic oxidation sites excluding steroid dienone is 1. The summed E-state index contributed by atoms with van der Waals surface area (Å²) in [6.07, 6.45) is 0. The van der Waals surface area contributed by atoms with Crippen molar-refractivity contribution in [2.24, 2.45) is 5.73 Å². The van der Waals surface area contributed by atoms with E-state index in [1.54, 1.807) is 19.1 Å². The van der Waals surface area contributed by atoms with Gasteiger partial charge in [0.1, 0.15) is 11.6 Å². The van der Waals surface area contributed by atoms with E-state index in [1.165, 1.54) is 11.8 Å². The van der Waals surface area contributed by atoms with Crippen molar-refractivity contribution >= 4 is 0 Å². The molecule has 0 aliphatic carbocycles. The lowest BCUT2D eigenvalue weighted by Crippen LogP contribution is -2.26. The third-order valence-corrected chi connectivity index (χ3v) is 4.85. The molecule has 2 heterocycles. The van der Waals surface area contributed by atoms with Gasteiger partial charge in [0.15, 0.2) is 11.5 Å². The Balaban J connectivity index is 1.99. The van der Waals surface area contributed by atoms with Crippen molar-refractivity contribution in [3.63, 3.8) is 0 Å². The molecular weight excluding hydrogens is 356 g/mol. The Morgan fingerprint density at radius 2 is 1.96 bits per heavy atom. The lowest BCUT2D eigenvalue weighted by molar-refractivity contribution is 0.344. The number of para-hydroxylation sites is 2. The highest BCUT2D eigenvalue weighted by atomic mass is 16.5. The van der Waals surface area contributed by atoms with Crippen molar-refractivity contribution < 1.29 is 9.47 Å². The number of hydrogen-bond acceptors (Lipinski definition) is 5. The van der Waals surface area contributed by atoms with Crippen LogP contribution in [-0.4, -0.2) is 16.9 Å². The van der Waals surface area contributed by atoms with Crippen LogP contribution in [0.1, 0.15) is 22.7 Å². The Morgan fingerprint density at radius 3 is 2.64 bits per heavy atom. The van der Waals surface area contributed by atoms with Gasteiger partial charge in [0.2, 0.25) is 5.88 Å². The van der Waals surface area contributed by atoms with E-state index >= 15 is 0 Å². The van der Waals surface area contributed by atoms with Gasteiger partial charge in [0.25, 0.3) is 5.56 Å². The summed E-state index contributed by atoms with van der Waals surface area (Å²) in [6.45, 7) is 1.80. The van der Waals surface area contributed by atoms with Gasteiger partial charge in [0.05, 0.1) is 24.3 Å². The number of fused-ring (bicyclic) bond motifs is 1. The van der Waals surface area contributed by atoms with Gasteiger partial charge < -0.3 is 15.2 Å². The molecule has 0 radical (unpaired) electrons. The number of aryl methyl sites for hydroxylation is 1.